The second-order valence-corrected chi connectivity index (χ2v) is 4.78. The number of oxime groups is 1. The van der Waals surface area contributed by atoms with E-state index in [2.05, 4.69) is 5.16 Å². The highest BCUT2D eigenvalue weighted by molar-refractivity contribution is 7.07. The predicted octanol–water partition coefficient (Wildman–Crippen LogP) is 2.82. The van der Waals surface area contributed by atoms with E-state index in [-0.39, 0.29) is 5.84 Å². The summed E-state index contributed by atoms with van der Waals surface area (Å²) in [6.45, 7) is 2.87. The van der Waals surface area contributed by atoms with Crippen molar-refractivity contribution in [1.29, 1.82) is 0 Å². The lowest BCUT2D eigenvalue weighted by Gasteiger charge is -2.12. The Bertz CT molecular complexity index is 582. The van der Waals surface area contributed by atoms with E-state index in [0.29, 0.717) is 30.3 Å². The van der Waals surface area contributed by atoms with E-state index in [0.717, 1.165) is 5.56 Å². The number of nitrogens with two attached hydrogens (primary N) is 1. The van der Waals surface area contributed by atoms with Crippen molar-refractivity contribution in [2.45, 2.75) is 13.5 Å². The molecular formula is C14H16N2O3S. The van der Waals surface area contributed by atoms with Crippen LogP contribution in [0, 0.1) is 0 Å². The van der Waals surface area contributed by atoms with Gasteiger partial charge in [0, 0.05) is 5.56 Å². The van der Waals surface area contributed by atoms with E-state index in [4.69, 9.17) is 20.4 Å². The summed E-state index contributed by atoms with van der Waals surface area (Å²) in [5, 5.41) is 15.7. The van der Waals surface area contributed by atoms with Crippen LogP contribution >= 0.6 is 11.3 Å². The number of hydrogen-bond donors (Lipinski definition) is 2. The summed E-state index contributed by atoms with van der Waals surface area (Å²) in [5.74, 6) is 1.25. The summed E-state index contributed by atoms with van der Waals surface area (Å²) in [5.41, 5.74) is 7.26. The van der Waals surface area contributed by atoms with Crippen LogP contribution in [0.4, 0.5) is 0 Å². The molecule has 0 unspecified atom stereocenters. The standard InChI is InChI=1S/C14H16N2O3S/c1-2-18-13-7-11(14(15)16-17)3-4-12(13)19-8-10-5-6-20-9-10/h3-7,9,17H,2,8H2,1H3,(H2,15,16). The van der Waals surface area contributed by atoms with Crippen LogP contribution in [0.3, 0.4) is 0 Å². The Hall–Kier alpha value is -2.21. The van der Waals surface area contributed by atoms with Gasteiger partial charge < -0.3 is 20.4 Å². The highest BCUT2D eigenvalue weighted by Crippen LogP contribution is 2.29. The molecule has 20 heavy (non-hydrogen) atoms. The summed E-state index contributed by atoms with van der Waals surface area (Å²) in [7, 11) is 0. The van der Waals surface area contributed by atoms with Gasteiger partial charge in [-0.2, -0.15) is 11.3 Å². The SMILES string of the molecule is CCOc1cc(C(N)=NO)ccc1OCc1ccsc1. The molecule has 0 amide bonds. The number of thiophene rings is 1. The van der Waals surface area contributed by atoms with E-state index in [1.807, 2.05) is 23.8 Å². The molecule has 0 radical (unpaired) electrons. The third-order valence-electron chi connectivity index (χ3n) is 2.62. The third kappa shape index (κ3) is 3.42. The zero-order valence-corrected chi connectivity index (χ0v) is 11.9. The first-order valence-corrected chi connectivity index (χ1v) is 7.07. The van der Waals surface area contributed by atoms with Crippen molar-refractivity contribution in [2.24, 2.45) is 10.9 Å². The molecule has 5 nitrogen and oxygen atoms in total. The van der Waals surface area contributed by atoms with Gasteiger partial charge in [-0.1, -0.05) is 5.16 Å². The van der Waals surface area contributed by atoms with E-state index < -0.39 is 0 Å². The quantitative estimate of drug-likeness (QED) is 0.371. The van der Waals surface area contributed by atoms with E-state index in [9.17, 15) is 0 Å². The van der Waals surface area contributed by atoms with Gasteiger partial charge in [0.1, 0.15) is 6.61 Å². The fourth-order valence-electron chi connectivity index (χ4n) is 1.65. The van der Waals surface area contributed by atoms with Crippen LogP contribution in [-0.4, -0.2) is 17.6 Å². The minimum Gasteiger partial charge on any atom is -0.490 e. The van der Waals surface area contributed by atoms with Crippen LogP contribution in [0.1, 0.15) is 18.1 Å². The molecule has 3 N–H and O–H groups in total. The Morgan fingerprint density at radius 3 is 2.80 bits per heavy atom. The van der Waals surface area contributed by atoms with Crippen molar-refractivity contribution in [3.63, 3.8) is 0 Å². The van der Waals surface area contributed by atoms with Gasteiger partial charge in [0.05, 0.1) is 6.61 Å². The van der Waals surface area contributed by atoms with Crippen LogP contribution in [0.5, 0.6) is 11.5 Å². The second kappa shape index (κ2) is 6.81. The van der Waals surface area contributed by atoms with Gasteiger partial charge in [-0.05, 0) is 47.5 Å². The van der Waals surface area contributed by atoms with Crippen molar-refractivity contribution >= 4 is 17.2 Å². The summed E-state index contributed by atoms with van der Waals surface area (Å²) in [4.78, 5) is 0. The van der Waals surface area contributed by atoms with Crippen molar-refractivity contribution in [3.05, 3.63) is 46.2 Å². The van der Waals surface area contributed by atoms with E-state index >= 15 is 0 Å². The molecule has 0 saturated heterocycles. The summed E-state index contributed by atoms with van der Waals surface area (Å²) < 4.78 is 11.3. The molecule has 0 bridgehead atoms. The van der Waals surface area contributed by atoms with Gasteiger partial charge in [-0.25, -0.2) is 0 Å². The number of ether oxygens (including phenoxy) is 2. The van der Waals surface area contributed by atoms with Crippen LogP contribution in [0.25, 0.3) is 0 Å². The Morgan fingerprint density at radius 1 is 1.30 bits per heavy atom. The summed E-state index contributed by atoms with van der Waals surface area (Å²) in [6, 6.07) is 7.18. The highest BCUT2D eigenvalue weighted by atomic mass is 32.1. The van der Waals surface area contributed by atoms with Gasteiger partial charge >= 0.3 is 0 Å². The lowest BCUT2D eigenvalue weighted by Crippen LogP contribution is -2.13. The molecular weight excluding hydrogens is 276 g/mol. The first kappa shape index (κ1) is 14.2. The average Bonchev–Trinajstić information content (AvgIpc) is 2.98. The van der Waals surface area contributed by atoms with Gasteiger partial charge in [-0.15, -0.1) is 0 Å². The van der Waals surface area contributed by atoms with Gasteiger partial charge in [0.2, 0.25) is 0 Å². The molecule has 0 spiro atoms. The predicted molar refractivity (Wildman–Crippen MR) is 78.8 cm³/mol. The van der Waals surface area contributed by atoms with Crippen LogP contribution in [-0.2, 0) is 6.61 Å². The maximum absolute atomic E-state index is 8.70. The minimum absolute atomic E-state index is 0.0373. The molecule has 1 heterocycles. The van der Waals surface area contributed by atoms with Gasteiger partial charge in [-0.3, -0.25) is 0 Å². The average molecular weight is 292 g/mol. The number of amidine groups is 1. The minimum atomic E-state index is 0.0373. The molecule has 0 atom stereocenters. The van der Waals surface area contributed by atoms with Crippen molar-refractivity contribution in [3.8, 4) is 11.5 Å². The van der Waals surface area contributed by atoms with Gasteiger partial charge in [0.15, 0.2) is 17.3 Å². The summed E-state index contributed by atoms with van der Waals surface area (Å²) >= 11 is 1.63. The Balaban J connectivity index is 2.18. The molecule has 2 aromatic rings. The zero-order valence-electron chi connectivity index (χ0n) is 11.1. The number of nitrogens with zero attached hydrogens (tertiary/aromatic N) is 1. The smallest absolute Gasteiger partial charge is 0.170 e. The van der Waals surface area contributed by atoms with Crippen molar-refractivity contribution < 1.29 is 14.7 Å². The largest absolute Gasteiger partial charge is 0.490 e. The molecule has 0 aliphatic rings. The number of hydrogen-bond acceptors (Lipinski definition) is 5. The molecule has 106 valence electrons. The maximum Gasteiger partial charge on any atom is 0.170 e. The number of benzene rings is 1. The summed E-state index contributed by atoms with van der Waals surface area (Å²) in [6.07, 6.45) is 0. The molecule has 0 aliphatic heterocycles. The van der Waals surface area contributed by atoms with Crippen molar-refractivity contribution in [2.75, 3.05) is 6.61 Å². The lowest BCUT2D eigenvalue weighted by atomic mass is 10.2. The monoisotopic (exact) mass is 292 g/mol. The maximum atomic E-state index is 8.70. The normalized spacial score (nSPS) is 11.3. The Labute approximate surface area is 121 Å². The van der Waals surface area contributed by atoms with Crippen LogP contribution in [0.15, 0.2) is 40.2 Å². The molecule has 0 fully saturated rings. The topological polar surface area (TPSA) is 77.1 Å². The lowest BCUT2D eigenvalue weighted by molar-refractivity contribution is 0.269. The van der Waals surface area contributed by atoms with Gasteiger partial charge in [0.25, 0.3) is 0 Å². The fraction of sp³-hybridized carbons (Fsp3) is 0.214. The first-order chi connectivity index (χ1) is 9.74. The van der Waals surface area contributed by atoms with Crippen LogP contribution < -0.4 is 15.2 Å². The Morgan fingerprint density at radius 2 is 2.15 bits per heavy atom. The first-order valence-electron chi connectivity index (χ1n) is 6.13. The molecule has 0 saturated carbocycles. The Kier molecular flexibility index (Phi) is 4.84. The third-order valence-corrected chi connectivity index (χ3v) is 3.35. The molecule has 1 aromatic heterocycles. The highest BCUT2D eigenvalue weighted by Gasteiger charge is 2.09. The van der Waals surface area contributed by atoms with Crippen LogP contribution in [0.2, 0.25) is 0 Å². The van der Waals surface area contributed by atoms with E-state index in [1.165, 1.54) is 0 Å². The number of rotatable bonds is 6. The molecule has 0 aliphatic carbocycles. The zero-order chi connectivity index (χ0) is 14.4. The molecule has 6 heteroatoms. The molecule has 1 aromatic carbocycles. The fourth-order valence-corrected chi connectivity index (χ4v) is 2.30. The second-order valence-electron chi connectivity index (χ2n) is 4.00. The van der Waals surface area contributed by atoms with E-state index in [1.54, 1.807) is 29.5 Å². The van der Waals surface area contributed by atoms with Crippen molar-refractivity contribution in [1.82, 2.24) is 0 Å². The molecule has 2 rings (SSSR count).